The minimum absolute atomic E-state index is 0.622. The van der Waals surface area contributed by atoms with E-state index in [1.54, 1.807) is 6.20 Å². The Morgan fingerprint density at radius 1 is 0.950 bits per heavy atom. The Labute approximate surface area is 118 Å². The number of fused-ring (bicyclic) bond motifs is 1. The van der Waals surface area contributed by atoms with Gasteiger partial charge < -0.3 is 5.11 Å². The number of nitrogens with zero attached hydrogens (tertiary/aromatic N) is 1. The molecule has 0 spiro atoms. The van der Waals surface area contributed by atoms with Crippen LogP contribution < -0.4 is 0 Å². The van der Waals surface area contributed by atoms with Gasteiger partial charge in [-0.05, 0) is 42.7 Å². The van der Waals surface area contributed by atoms with Gasteiger partial charge in [0.05, 0.1) is 5.52 Å². The highest BCUT2D eigenvalue weighted by atomic mass is 16.3. The summed E-state index contributed by atoms with van der Waals surface area (Å²) in [7, 11) is 0. The van der Waals surface area contributed by atoms with Gasteiger partial charge >= 0.3 is 0 Å². The Kier molecular flexibility index (Phi) is 3.25. The van der Waals surface area contributed by atoms with Crippen LogP contribution in [-0.2, 0) is 0 Å². The number of aryl methyl sites for hydroxylation is 2. The SMILES string of the molecule is Cc1ccc(C)c(C(O)c2ccnc3ccccc23)c1. The molecule has 0 aliphatic heterocycles. The quantitative estimate of drug-likeness (QED) is 0.760. The maximum atomic E-state index is 10.8. The van der Waals surface area contributed by atoms with E-state index in [1.165, 1.54) is 0 Å². The Morgan fingerprint density at radius 3 is 2.60 bits per heavy atom. The van der Waals surface area contributed by atoms with Crippen molar-refractivity contribution >= 4 is 10.9 Å². The van der Waals surface area contributed by atoms with Crippen LogP contribution in [-0.4, -0.2) is 10.1 Å². The molecule has 2 nitrogen and oxygen atoms in total. The van der Waals surface area contributed by atoms with Crippen LogP contribution in [0.2, 0.25) is 0 Å². The maximum absolute atomic E-state index is 10.8. The molecule has 3 rings (SSSR count). The first-order valence-electron chi connectivity index (χ1n) is 6.75. The van der Waals surface area contributed by atoms with E-state index in [4.69, 9.17) is 0 Å². The molecule has 2 heteroatoms. The van der Waals surface area contributed by atoms with Crippen molar-refractivity contribution in [1.29, 1.82) is 0 Å². The molecule has 1 aromatic heterocycles. The molecule has 2 aromatic carbocycles. The van der Waals surface area contributed by atoms with E-state index in [1.807, 2.05) is 44.2 Å². The second kappa shape index (κ2) is 5.06. The summed E-state index contributed by atoms with van der Waals surface area (Å²) in [6, 6.07) is 16.0. The zero-order valence-electron chi connectivity index (χ0n) is 11.7. The highest BCUT2D eigenvalue weighted by molar-refractivity contribution is 5.82. The standard InChI is InChI=1S/C18H17NO/c1-12-7-8-13(2)16(11-12)18(20)15-9-10-19-17-6-4-3-5-14(15)17/h3-11,18,20H,1-2H3. The van der Waals surface area contributed by atoms with Gasteiger partial charge in [0, 0.05) is 11.6 Å². The van der Waals surface area contributed by atoms with Crippen molar-refractivity contribution in [3.8, 4) is 0 Å². The lowest BCUT2D eigenvalue weighted by molar-refractivity contribution is 0.221. The summed E-state index contributed by atoms with van der Waals surface area (Å²) in [5.41, 5.74) is 5.03. The van der Waals surface area contributed by atoms with E-state index in [0.717, 1.165) is 33.2 Å². The summed E-state index contributed by atoms with van der Waals surface area (Å²) in [5, 5.41) is 11.8. The van der Waals surface area contributed by atoms with Crippen molar-refractivity contribution in [2.75, 3.05) is 0 Å². The molecule has 1 heterocycles. The topological polar surface area (TPSA) is 33.1 Å². The average molecular weight is 263 g/mol. The van der Waals surface area contributed by atoms with Crippen LogP contribution in [0.25, 0.3) is 10.9 Å². The minimum atomic E-state index is -0.622. The van der Waals surface area contributed by atoms with Gasteiger partial charge in [-0.3, -0.25) is 4.98 Å². The smallest absolute Gasteiger partial charge is 0.105 e. The first kappa shape index (κ1) is 12.8. The van der Waals surface area contributed by atoms with E-state index in [-0.39, 0.29) is 0 Å². The number of pyridine rings is 1. The van der Waals surface area contributed by atoms with Crippen LogP contribution in [0, 0.1) is 13.8 Å². The summed E-state index contributed by atoms with van der Waals surface area (Å²) in [6.45, 7) is 4.07. The number of hydrogen-bond acceptors (Lipinski definition) is 2. The number of hydrogen-bond donors (Lipinski definition) is 1. The molecule has 0 radical (unpaired) electrons. The summed E-state index contributed by atoms with van der Waals surface area (Å²) in [4.78, 5) is 4.35. The molecule has 0 aliphatic carbocycles. The van der Waals surface area contributed by atoms with E-state index < -0.39 is 6.10 Å². The molecular weight excluding hydrogens is 246 g/mol. The van der Waals surface area contributed by atoms with E-state index in [9.17, 15) is 5.11 Å². The zero-order valence-corrected chi connectivity index (χ0v) is 11.7. The predicted octanol–water partition coefficient (Wildman–Crippen LogP) is 3.93. The lowest BCUT2D eigenvalue weighted by Gasteiger charge is -2.16. The molecular formula is C18H17NO. The molecule has 0 fully saturated rings. The summed E-state index contributed by atoms with van der Waals surface area (Å²) < 4.78 is 0. The molecule has 1 unspecified atom stereocenters. The minimum Gasteiger partial charge on any atom is -0.384 e. The van der Waals surface area contributed by atoms with Crippen LogP contribution in [0.1, 0.15) is 28.4 Å². The van der Waals surface area contributed by atoms with Crippen LogP contribution >= 0.6 is 0 Å². The van der Waals surface area contributed by atoms with Gasteiger partial charge in [-0.2, -0.15) is 0 Å². The van der Waals surface area contributed by atoms with Crippen LogP contribution in [0.15, 0.2) is 54.7 Å². The molecule has 0 saturated carbocycles. The van der Waals surface area contributed by atoms with Gasteiger partial charge in [0.2, 0.25) is 0 Å². The fourth-order valence-corrected chi connectivity index (χ4v) is 2.58. The van der Waals surface area contributed by atoms with Gasteiger partial charge in [-0.15, -0.1) is 0 Å². The number of benzene rings is 2. The fourth-order valence-electron chi connectivity index (χ4n) is 2.58. The fraction of sp³-hybridized carbons (Fsp3) is 0.167. The van der Waals surface area contributed by atoms with Gasteiger partial charge in [0.15, 0.2) is 0 Å². The molecule has 3 aromatic rings. The molecule has 0 aliphatic rings. The van der Waals surface area contributed by atoms with Gasteiger partial charge in [0.1, 0.15) is 6.10 Å². The van der Waals surface area contributed by atoms with Gasteiger partial charge in [-0.1, -0.05) is 42.0 Å². The van der Waals surface area contributed by atoms with Gasteiger partial charge in [-0.25, -0.2) is 0 Å². The summed E-state index contributed by atoms with van der Waals surface area (Å²) in [5.74, 6) is 0. The third-order valence-corrected chi connectivity index (χ3v) is 3.71. The Balaban J connectivity index is 2.17. The molecule has 0 amide bonds. The van der Waals surface area contributed by atoms with Crippen LogP contribution in [0.5, 0.6) is 0 Å². The highest BCUT2D eigenvalue weighted by Gasteiger charge is 2.15. The second-order valence-electron chi connectivity index (χ2n) is 5.18. The molecule has 0 saturated heterocycles. The largest absolute Gasteiger partial charge is 0.384 e. The third kappa shape index (κ3) is 2.19. The van der Waals surface area contributed by atoms with Crippen molar-refractivity contribution in [2.24, 2.45) is 0 Å². The van der Waals surface area contributed by atoms with Crippen molar-refractivity contribution in [2.45, 2.75) is 20.0 Å². The monoisotopic (exact) mass is 263 g/mol. The third-order valence-electron chi connectivity index (χ3n) is 3.71. The van der Waals surface area contributed by atoms with E-state index in [0.29, 0.717) is 0 Å². The van der Waals surface area contributed by atoms with Crippen molar-refractivity contribution in [3.63, 3.8) is 0 Å². The zero-order chi connectivity index (χ0) is 14.1. The highest BCUT2D eigenvalue weighted by Crippen LogP contribution is 2.30. The predicted molar refractivity (Wildman–Crippen MR) is 81.7 cm³/mol. The number of para-hydroxylation sites is 1. The van der Waals surface area contributed by atoms with Crippen molar-refractivity contribution in [1.82, 2.24) is 4.98 Å². The summed E-state index contributed by atoms with van der Waals surface area (Å²) in [6.07, 6.45) is 1.13. The van der Waals surface area contributed by atoms with Crippen molar-refractivity contribution in [3.05, 3.63) is 77.0 Å². The lowest BCUT2D eigenvalue weighted by Crippen LogP contribution is -2.03. The van der Waals surface area contributed by atoms with E-state index in [2.05, 4.69) is 23.2 Å². The Bertz CT molecular complexity index is 759. The second-order valence-corrected chi connectivity index (χ2v) is 5.18. The van der Waals surface area contributed by atoms with Crippen LogP contribution in [0.4, 0.5) is 0 Å². The molecule has 1 atom stereocenters. The van der Waals surface area contributed by atoms with E-state index >= 15 is 0 Å². The average Bonchev–Trinajstić information content (AvgIpc) is 2.48. The van der Waals surface area contributed by atoms with Crippen LogP contribution in [0.3, 0.4) is 0 Å². The van der Waals surface area contributed by atoms with Gasteiger partial charge in [0.25, 0.3) is 0 Å². The number of aliphatic hydroxyl groups is 1. The first-order valence-corrected chi connectivity index (χ1v) is 6.75. The Morgan fingerprint density at radius 2 is 1.75 bits per heavy atom. The Hall–Kier alpha value is -2.19. The van der Waals surface area contributed by atoms with Crippen molar-refractivity contribution < 1.29 is 5.11 Å². The molecule has 20 heavy (non-hydrogen) atoms. The number of aliphatic hydroxyl groups excluding tert-OH is 1. The number of aromatic nitrogens is 1. The first-order chi connectivity index (χ1) is 9.66. The molecule has 0 bridgehead atoms. The maximum Gasteiger partial charge on any atom is 0.105 e. The lowest BCUT2D eigenvalue weighted by atomic mass is 9.94. The molecule has 100 valence electrons. The number of rotatable bonds is 2. The summed E-state index contributed by atoms with van der Waals surface area (Å²) >= 11 is 0. The normalized spacial score (nSPS) is 12.6. The molecule has 1 N–H and O–H groups in total.